The van der Waals surface area contributed by atoms with Crippen molar-refractivity contribution >= 4 is 15.9 Å². The van der Waals surface area contributed by atoms with Gasteiger partial charge in [-0.1, -0.05) is 6.92 Å². The van der Waals surface area contributed by atoms with Gasteiger partial charge in [-0.25, -0.2) is 13.1 Å². The minimum atomic E-state index is -3.49. The maximum Gasteiger partial charge on any atom is 0.226 e. The molecule has 23 heavy (non-hydrogen) atoms. The SMILES string of the molecule is C[C@@H]1C[C@H]1C(=O)N1CCO[C@H](CS(=O)(=O)NCc2ccco2)C1. The molecule has 0 bridgehead atoms. The summed E-state index contributed by atoms with van der Waals surface area (Å²) in [5.74, 6) is 1.09. The standard InChI is InChI=1S/C15H22N2O5S/c1-11-7-14(11)15(18)17-4-6-22-13(9-17)10-23(19,20)16-8-12-3-2-5-21-12/h2-3,5,11,13-14,16H,4,6-10H2,1H3/t11-,13+,14-/m1/s1. The van der Waals surface area contributed by atoms with Crippen LogP contribution < -0.4 is 4.72 Å². The van der Waals surface area contributed by atoms with Crippen LogP contribution in [0.1, 0.15) is 19.1 Å². The van der Waals surface area contributed by atoms with Gasteiger partial charge in [0.05, 0.1) is 31.3 Å². The van der Waals surface area contributed by atoms with E-state index in [2.05, 4.69) is 11.6 Å². The summed E-state index contributed by atoms with van der Waals surface area (Å²) >= 11 is 0. The van der Waals surface area contributed by atoms with E-state index in [9.17, 15) is 13.2 Å². The van der Waals surface area contributed by atoms with E-state index in [1.54, 1.807) is 17.0 Å². The number of furan rings is 1. The lowest BCUT2D eigenvalue weighted by molar-refractivity contribution is -0.139. The normalized spacial score (nSPS) is 27.9. The van der Waals surface area contributed by atoms with Crippen molar-refractivity contribution in [2.45, 2.75) is 26.0 Å². The molecule has 1 amide bonds. The molecule has 7 nitrogen and oxygen atoms in total. The van der Waals surface area contributed by atoms with Crippen LogP contribution in [-0.4, -0.2) is 50.8 Å². The molecule has 2 aliphatic rings. The molecule has 3 rings (SSSR count). The maximum absolute atomic E-state index is 12.3. The molecule has 1 N–H and O–H groups in total. The van der Waals surface area contributed by atoms with E-state index in [0.717, 1.165) is 6.42 Å². The van der Waals surface area contributed by atoms with E-state index >= 15 is 0 Å². The second-order valence-electron chi connectivity index (χ2n) is 6.28. The van der Waals surface area contributed by atoms with Crippen molar-refractivity contribution in [1.29, 1.82) is 0 Å². The van der Waals surface area contributed by atoms with Gasteiger partial charge in [-0.05, 0) is 24.5 Å². The highest BCUT2D eigenvalue weighted by molar-refractivity contribution is 7.89. The molecule has 0 unspecified atom stereocenters. The molecular formula is C15H22N2O5S. The van der Waals surface area contributed by atoms with Crippen LogP contribution >= 0.6 is 0 Å². The molecule has 1 saturated heterocycles. The average Bonchev–Trinajstić information content (AvgIpc) is 3.01. The number of carbonyl (C=O) groups is 1. The van der Waals surface area contributed by atoms with Crippen molar-refractivity contribution in [3.8, 4) is 0 Å². The third kappa shape index (κ3) is 4.33. The fourth-order valence-corrected chi connectivity index (χ4v) is 3.99. The Kier molecular flexibility index (Phi) is 4.74. The van der Waals surface area contributed by atoms with Gasteiger partial charge in [0, 0.05) is 19.0 Å². The summed E-state index contributed by atoms with van der Waals surface area (Å²) in [7, 11) is -3.49. The Morgan fingerprint density at radius 1 is 1.48 bits per heavy atom. The Bertz CT molecular complexity index is 643. The van der Waals surface area contributed by atoms with Crippen molar-refractivity contribution in [3.05, 3.63) is 24.2 Å². The Balaban J connectivity index is 1.51. The lowest BCUT2D eigenvalue weighted by Gasteiger charge is -2.33. The summed E-state index contributed by atoms with van der Waals surface area (Å²) in [4.78, 5) is 14.0. The van der Waals surface area contributed by atoms with Crippen LogP contribution in [-0.2, 0) is 26.1 Å². The first-order valence-corrected chi connectivity index (χ1v) is 9.50. The van der Waals surface area contributed by atoms with Gasteiger partial charge in [0.2, 0.25) is 15.9 Å². The van der Waals surface area contributed by atoms with Crippen LogP contribution in [0.2, 0.25) is 0 Å². The molecule has 0 aromatic carbocycles. The number of hydrogen-bond acceptors (Lipinski definition) is 5. The molecule has 1 aliphatic carbocycles. The fraction of sp³-hybridized carbons (Fsp3) is 0.667. The van der Waals surface area contributed by atoms with Crippen LogP contribution in [0.3, 0.4) is 0 Å². The Labute approximate surface area is 136 Å². The highest BCUT2D eigenvalue weighted by Gasteiger charge is 2.42. The molecule has 0 radical (unpaired) electrons. The molecule has 1 aliphatic heterocycles. The molecule has 1 saturated carbocycles. The van der Waals surface area contributed by atoms with E-state index < -0.39 is 16.1 Å². The molecule has 1 aromatic rings. The number of carbonyl (C=O) groups excluding carboxylic acids is 1. The lowest BCUT2D eigenvalue weighted by atomic mass is 10.2. The number of amides is 1. The van der Waals surface area contributed by atoms with Gasteiger partial charge in [-0.3, -0.25) is 4.79 Å². The fourth-order valence-electron chi connectivity index (χ4n) is 2.82. The first-order valence-electron chi connectivity index (χ1n) is 7.85. The minimum Gasteiger partial charge on any atom is -0.468 e. The van der Waals surface area contributed by atoms with Crippen LogP contribution in [0, 0.1) is 11.8 Å². The van der Waals surface area contributed by atoms with E-state index in [-0.39, 0.29) is 24.1 Å². The summed E-state index contributed by atoms with van der Waals surface area (Å²) in [6.45, 7) is 3.43. The maximum atomic E-state index is 12.3. The third-order valence-electron chi connectivity index (χ3n) is 4.33. The van der Waals surface area contributed by atoms with Crippen molar-refractivity contribution in [1.82, 2.24) is 9.62 Å². The highest BCUT2D eigenvalue weighted by Crippen LogP contribution is 2.39. The molecular weight excluding hydrogens is 320 g/mol. The van der Waals surface area contributed by atoms with E-state index in [1.807, 2.05) is 0 Å². The summed E-state index contributed by atoms with van der Waals surface area (Å²) in [6, 6.07) is 3.41. The molecule has 2 fully saturated rings. The summed E-state index contributed by atoms with van der Waals surface area (Å²) < 4.78 is 37.4. The summed E-state index contributed by atoms with van der Waals surface area (Å²) in [5, 5.41) is 0. The van der Waals surface area contributed by atoms with E-state index in [1.165, 1.54) is 6.26 Å². The smallest absolute Gasteiger partial charge is 0.226 e. The predicted octanol–water partition coefficient (Wildman–Crippen LogP) is 0.582. The van der Waals surface area contributed by atoms with Crippen LogP contribution in [0.4, 0.5) is 0 Å². The van der Waals surface area contributed by atoms with Gasteiger partial charge in [-0.15, -0.1) is 0 Å². The van der Waals surface area contributed by atoms with Crippen LogP contribution in [0.25, 0.3) is 0 Å². The predicted molar refractivity (Wildman–Crippen MR) is 82.9 cm³/mol. The molecule has 8 heteroatoms. The Morgan fingerprint density at radius 3 is 2.91 bits per heavy atom. The lowest BCUT2D eigenvalue weighted by Crippen LogP contribution is -2.49. The van der Waals surface area contributed by atoms with Gasteiger partial charge < -0.3 is 14.1 Å². The van der Waals surface area contributed by atoms with Crippen LogP contribution in [0.15, 0.2) is 22.8 Å². The van der Waals surface area contributed by atoms with Crippen molar-refractivity contribution in [3.63, 3.8) is 0 Å². The number of hydrogen-bond donors (Lipinski definition) is 1. The topological polar surface area (TPSA) is 88.8 Å². The van der Waals surface area contributed by atoms with Gasteiger partial charge in [0.15, 0.2) is 0 Å². The number of sulfonamides is 1. The monoisotopic (exact) mass is 342 g/mol. The number of nitrogens with zero attached hydrogens (tertiary/aromatic N) is 1. The highest BCUT2D eigenvalue weighted by atomic mass is 32.2. The van der Waals surface area contributed by atoms with Gasteiger partial charge in [0.25, 0.3) is 0 Å². The van der Waals surface area contributed by atoms with Gasteiger partial charge >= 0.3 is 0 Å². The first kappa shape index (κ1) is 16.5. The van der Waals surface area contributed by atoms with Gasteiger partial charge in [-0.2, -0.15) is 0 Å². The molecule has 1 aromatic heterocycles. The Morgan fingerprint density at radius 2 is 2.26 bits per heavy atom. The largest absolute Gasteiger partial charge is 0.468 e. The minimum absolute atomic E-state index is 0.113. The zero-order valence-electron chi connectivity index (χ0n) is 13.1. The average molecular weight is 342 g/mol. The van der Waals surface area contributed by atoms with Gasteiger partial charge in [0.1, 0.15) is 5.76 Å². The number of nitrogens with one attached hydrogen (secondary N) is 1. The number of rotatable bonds is 6. The third-order valence-corrected chi connectivity index (χ3v) is 5.72. The quantitative estimate of drug-likeness (QED) is 0.817. The van der Waals surface area contributed by atoms with Crippen molar-refractivity contribution in [2.24, 2.45) is 11.8 Å². The van der Waals surface area contributed by atoms with Crippen LogP contribution in [0.5, 0.6) is 0 Å². The summed E-state index contributed by atoms with van der Waals surface area (Å²) in [6.07, 6.45) is 1.94. The molecule has 2 heterocycles. The first-order chi connectivity index (χ1) is 10.9. The molecule has 128 valence electrons. The van der Waals surface area contributed by atoms with Crippen molar-refractivity contribution < 1.29 is 22.4 Å². The molecule has 0 spiro atoms. The van der Waals surface area contributed by atoms with Crippen molar-refractivity contribution in [2.75, 3.05) is 25.4 Å². The Hall–Kier alpha value is -1.38. The van der Waals surface area contributed by atoms with E-state index in [0.29, 0.717) is 31.4 Å². The second kappa shape index (κ2) is 6.62. The second-order valence-corrected chi connectivity index (χ2v) is 8.13. The molecule has 3 atom stereocenters. The zero-order chi connectivity index (χ0) is 16.4. The number of morpholine rings is 1. The number of ether oxygens (including phenoxy) is 1. The summed E-state index contributed by atoms with van der Waals surface area (Å²) in [5.41, 5.74) is 0. The van der Waals surface area contributed by atoms with E-state index in [4.69, 9.17) is 9.15 Å². The zero-order valence-corrected chi connectivity index (χ0v) is 13.9.